The summed E-state index contributed by atoms with van der Waals surface area (Å²) in [5, 5.41) is 3.81. The van der Waals surface area contributed by atoms with Crippen molar-refractivity contribution in [1.29, 1.82) is 0 Å². The summed E-state index contributed by atoms with van der Waals surface area (Å²) in [5.74, 6) is -0.550. The van der Waals surface area contributed by atoms with Crippen molar-refractivity contribution in [2.24, 2.45) is 0 Å². The number of nitrogens with zero attached hydrogens (tertiary/aromatic N) is 1. The van der Waals surface area contributed by atoms with E-state index < -0.39 is 0 Å². The molecule has 0 fully saturated rings. The van der Waals surface area contributed by atoms with Crippen molar-refractivity contribution in [3.63, 3.8) is 0 Å². The fraction of sp³-hybridized carbons (Fsp3) is 0.267. The Bertz CT molecular complexity index is 620. The van der Waals surface area contributed by atoms with Gasteiger partial charge in [-0.2, -0.15) is 0 Å². The fourth-order valence-corrected chi connectivity index (χ4v) is 1.91. The van der Waals surface area contributed by atoms with Gasteiger partial charge in [0, 0.05) is 24.5 Å². The third-order valence-electron chi connectivity index (χ3n) is 3.00. The van der Waals surface area contributed by atoms with Gasteiger partial charge in [0.1, 0.15) is 0 Å². The highest BCUT2D eigenvalue weighted by Crippen LogP contribution is 2.15. The van der Waals surface area contributed by atoms with Crippen molar-refractivity contribution in [3.8, 4) is 0 Å². The maximum atomic E-state index is 11.6. The number of hydrogen-bond donors (Lipinski definition) is 1. The highest BCUT2D eigenvalue weighted by molar-refractivity contribution is 5.84. The van der Waals surface area contributed by atoms with Gasteiger partial charge in [-0.05, 0) is 17.7 Å². The van der Waals surface area contributed by atoms with Gasteiger partial charge in [-0.25, -0.2) is 0 Å². The molecule has 5 nitrogen and oxygen atoms in total. The van der Waals surface area contributed by atoms with Crippen LogP contribution in [0.4, 0.5) is 0 Å². The van der Waals surface area contributed by atoms with Gasteiger partial charge >= 0.3 is 5.97 Å². The summed E-state index contributed by atoms with van der Waals surface area (Å²) in [6, 6.07) is 9.64. The number of ether oxygens (including phenoxy) is 1. The van der Waals surface area contributed by atoms with Crippen LogP contribution in [0.5, 0.6) is 0 Å². The molecule has 0 spiro atoms. The number of pyridine rings is 1. The fourth-order valence-electron chi connectivity index (χ4n) is 1.91. The van der Waals surface area contributed by atoms with Crippen LogP contribution in [0.25, 0.3) is 10.9 Å². The Labute approximate surface area is 117 Å². The van der Waals surface area contributed by atoms with Crippen LogP contribution in [-0.2, 0) is 20.9 Å². The molecule has 0 aliphatic rings. The predicted molar refractivity (Wildman–Crippen MR) is 74.8 cm³/mol. The van der Waals surface area contributed by atoms with Gasteiger partial charge in [-0.3, -0.25) is 14.6 Å². The lowest BCUT2D eigenvalue weighted by molar-refractivity contribution is -0.142. The summed E-state index contributed by atoms with van der Waals surface area (Å²) in [6.45, 7) is 0.420. The van der Waals surface area contributed by atoms with Crippen LogP contribution < -0.4 is 5.32 Å². The topological polar surface area (TPSA) is 68.3 Å². The lowest BCUT2D eigenvalue weighted by Crippen LogP contribution is -2.23. The van der Waals surface area contributed by atoms with E-state index >= 15 is 0 Å². The molecule has 5 heteroatoms. The quantitative estimate of drug-likeness (QED) is 0.843. The van der Waals surface area contributed by atoms with Crippen molar-refractivity contribution >= 4 is 22.8 Å². The second-order valence-corrected chi connectivity index (χ2v) is 4.34. The number of amides is 1. The van der Waals surface area contributed by atoms with Gasteiger partial charge in [0.05, 0.1) is 19.0 Å². The number of carbonyl (C=O) groups is 2. The molecule has 20 heavy (non-hydrogen) atoms. The van der Waals surface area contributed by atoms with Crippen molar-refractivity contribution in [3.05, 3.63) is 42.1 Å². The minimum atomic E-state index is -0.380. The first kappa shape index (κ1) is 14.0. The predicted octanol–water partition coefficient (Wildman–Crippen LogP) is 1.80. The van der Waals surface area contributed by atoms with Crippen LogP contribution in [0.2, 0.25) is 0 Å². The summed E-state index contributed by atoms with van der Waals surface area (Å²) in [6.07, 6.45) is 1.95. The first-order valence-corrected chi connectivity index (χ1v) is 6.37. The molecule has 1 N–H and O–H groups in total. The zero-order chi connectivity index (χ0) is 14.4. The third kappa shape index (κ3) is 3.54. The molecule has 1 aromatic carbocycles. The molecule has 0 saturated heterocycles. The third-order valence-corrected chi connectivity index (χ3v) is 3.00. The Morgan fingerprint density at radius 2 is 2.00 bits per heavy atom. The molecule has 0 saturated carbocycles. The number of methoxy groups -OCH3 is 1. The second-order valence-electron chi connectivity index (χ2n) is 4.34. The smallest absolute Gasteiger partial charge is 0.306 e. The molecule has 104 valence electrons. The normalized spacial score (nSPS) is 10.2. The van der Waals surface area contributed by atoms with E-state index in [2.05, 4.69) is 15.0 Å². The van der Waals surface area contributed by atoms with Crippen LogP contribution in [-0.4, -0.2) is 24.0 Å². The van der Waals surface area contributed by atoms with Gasteiger partial charge in [0.15, 0.2) is 0 Å². The van der Waals surface area contributed by atoms with E-state index in [-0.39, 0.29) is 24.7 Å². The van der Waals surface area contributed by atoms with E-state index in [1.165, 1.54) is 7.11 Å². The van der Waals surface area contributed by atoms with Crippen LogP contribution in [0.15, 0.2) is 36.5 Å². The Morgan fingerprint density at radius 3 is 2.80 bits per heavy atom. The lowest BCUT2D eigenvalue weighted by atomic mass is 10.1. The summed E-state index contributed by atoms with van der Waals surface area (Å²) >= 11 is 0. The van der Waals surface area contributed by atoms with Crippen LogP contribution in [0, 0.1) is 0 Å². The molecule has 1 aromatic heterocycles. The Morgan fingerprint density at radius 1 is 1.20 bits per heavy atom. The second kappa shape index (κ2) is 6.65. The number of nitrogens with one attached hydrogen (secondary N) is 1. The number of para-hydroxylation sites is 1. The number of fused-ring (bicyclic) bond motifs is 1. The molecule has 2 aromatic rings. The first-order valence-electron chi connectivity index (χ1n) is 6.37. The van der Waals surface area contributed by atoms with Gasteiger partial charge in [0.25, 0.3) is 0 Å². The van der Waals surface area contributed by atoms with E-state index in [9.17, 15) is 9.59 Å². The van der Waals surface area contributed by atoms with Crippen molar-refractivity contribution in [1.82, 2.24) is 10.3 Å². The van der Waals surface area contributed by atoms with E-state index in [1.54, 1.807) is 6.20 Å². The number of aromatic nitrogens is 1. The van der Waals surface area contributed by atoms with Crippen molar-refractivity contribution in [2.75, 3.05) is 7.11 Å². The number of esters is 1. The van der Waals surface area contributed by atoms with Crippen LogP contribution in [0.1, 0.15) is 18.4 Å². The molecular formula is C15H16N2O3. The molecular weight excluding hydrogens is 256 g/mol. The summed E-state index contributed by atoms with van der Waals surface area (Å²) in [4.78, 5) is 26.9. The number of benzene rings is 1. The monoisotopic (exact) mass is 272 g/mol. The van der Waals surface area contributed by atoms with E-state index in [0.717, 1.165) is 16.5 Å². The van der Waals surface area contributed by atoms with Gasteiger partial charge < -0.3 is 10.1 Å². The van der Waals surface area contributed by atoms with Gasteiger partial charge in [-0.15, -0.1) is 0 Å². The Hall–Kier alpha value is -2.43. The average molecular weight is 272 g/mol. The molecule has 1 amide bonds. The Balaban J connectivity index is 1.96. The van der Waals surface area contributed by atoms with Gasteiger partial charge in [0.2, 0.25) is 5.91 Å². The maximum absolute atomic E-state index is 11.6. The minimum Gasteiger partial charge on any atom is -0.469 e. The zero-order valence-corrected chi connectivity index (χ0v) is 11.3. The largest absolute Gasteiger partial charge is 0.469 e. The zero-order valence-electron chi connectivity index (χ0n) is 11.3. The van der Waals surface area contributed by atoms with Crippen molar-refractivity contribution < 1.29 is 14.3 Å². The van der Waals surface area contributed by atoms with Crippen LogP contribution in [0.3, 0.4) is 0 Å². The SMILES string of the molecule is COC(=O)CCC(=O)NCc1ccnc2ccccc12. The molecule has 0 radical (unpaired) electrons. The van der Waals surface area contributed by atoms with E-state index in [4.69, 9.17) is 0 Å². The summed E-state index contributed by atoms with van der Waals surface area (Å²) < 4.78 is 4.49. The molecule has 0 atom stereocenters. The molecule has 0 aliphatic carbocycles. The average Bonchev–Trinajstić information content (AvgIpc) is 2.50. The molecule has 1 heterocycles. The first-order chi connectivity index (χ1) is 9.70. The Kier molecular flexibility index (Phi) is 4.65. The van der Waals surface area contributed by atoms with Crippen molar-refractivity contribution in [2.45, 2.75) is 19.4 Å². The highest BCUT2D eigenvalue weighted by Gasteiger charge is 2.07. The lowest BCUT2D eigenvalue weighted by Gasteiger charge is -2.07. The molecule has 0 aliphatic heterocycles. The standard InChI is InChI=1S/C15H16N2O3/c1-20-15(19)7-6-14(18)17-10-11-8-9-16-13-5-3-2-4-12(11)13/h2-5,8-9H,6-7,10H2,1H3,(H,17,18). The summed E-state index contributed by atoms with van der Waals surface area (Å²) in [7, 11) is 1.31. The summed E-state index contributed by atoms with van der Waals surface area (Å²) in [5.41, 5.74) is 1.90. The molecule has 0 unspecified atom stereocenters. The maximum Gasteiger partial charge on any atom is 0.306 e. The number of rotatable bonds is 5. The van der Waals surface area contributed by atoms with E-state index in [0.29, 0.717) is 6.54 Å². The number of hydrogen-bond acceptors (Lipinski definition) is 4. The minimum absolute atomic E-state index is 0.0967. The van der Waals surface area contributed by atoms with E-state index in [1.807, 2.05) is 30.3 Å². The molecule has 2 rings (SSSR count). The van der Waals surface area contributed by atoms with Gasteiger partial charge in [-0.1, -0.05) is 18.2 Å². The molecule has 0 bridgehead atoms. The number of carbonyl (C=O) groups excluding carboxylic acids is 2. The van der Waals surface area contributed by atoms with Crippen LogP contribution >= 0.6 is 0 Å². The highest BCUT2D eigenvalue weighted by atomic mass is 16.5.